The highest BCUT2D eigenvalue weighted by atomic mass is 16.6. The Bertz CT molecular complexity index is 1500. The summed E-state index contributed by atoms with van der Waals surface area (Å²) in [6.45, 7) is 6.56. The monoisotopic (exact) mass is 1100 g/mol. The maximum absolute atomic E-state index is 12.9. The molecule has 0 N–H and O–H groups in total. The van der Waals surface area contributed by atoms with Gasteiger partial charge in [0.15, 0.2) is 6.10 Å². The summed E-state index contributed by atoms with van der Waals surface area (Å²) in [4.78, 5) is 38.4. The van der Waals surface area contributed by atoms with Crippen molar-refractivity contribution in [2.75, 3.05) is 13.2 Å². The van der Waals surface area contributed by atoms with Crippen molar-refractivity contribution < 1.29 is 28.6 Å². The van der Waals surface area contributed by atoms with Gasteiger partial charge in [0.25, 0.3) is 0 Å². The van der Waals surface area contributed by atoms with Crippen LogP contribution in [0.15, 0.2) is 85.1 Å². The van der Waals surface area contributed by atoms with E-state index in [1.807, 2.05) is 0 Å². The molecule has 6 nitrogen and oxygen atoms in total. The lowest BCUT2D eigenvalue weighted by molar-refractivity contribution is -0.167. The van der Waals surface area contributed by atoms with Gasteiger partial charge in [-0.1, -0.05) is 311 Å². The Hall–Kier alpha value is -3.41. The summed E-state index contributed by atoms with van der Waals surface area (Å²) >= 11 is 0. The highest BCUT2D eigenvalue weighted by Crippen LogP contribution is 2.17. The summed E-state index contributed by atoms with van der Waals surface area (Å²) in [5, 5.41) is 0. The fourth-order valence-electron chi connectivity index (χ4n) is 9.80. The molecule has 0 rings (SSSR count). The zero-order valence-corrected chi connectivity index (χ0v) is 52.4. The van der Waals surface area contributed by atoms with E-state index in [-0.39, 0.29) is 31.1 Å². The van der Waals surface area contributed by atoms with E-state index in [2.05, 4.69) is 106 Å². The second kappa shape index (κ2) is 67.1. The van der Waals surface area contributed by atoms with Crippen molar-refractivity contribution in [2.45, 2.75) is 348 Å². The minimum absolute atomic E-state index is 0.0767. The maximum Gasteiger partial charge on any atom is 0.306 e. The lowest BCUT2D eigenvalue weighted by atomic mass is 10.0. The molecule has 0 aromatic carbocycles. The van der Waals surface area contributed by atoms with Gasteiger partial charge in [-0.05, 0) is 96.3 Å². The molecule has 1 unspecified atom stereocenters. The molecule has 0 spiro atoms. The number of allylic oxidation sites excluding steroid dienone is 14. The Morgan fingerprint density at radius 3 is 0.785 bits per heavy atom. The zero-order valence-electron chi connectivity index (χ0n) is 52.4. The molecule has 6 heteroatoms. The van der Waals surface area contributed by atoms with E-state index < -0.39 is 6.10 Å². The van der Waals surface area contributed by atoms with E-state index in [1.54, 1.807) is 0 Å². The first kappa shape index (κ1) is 75.6. The molecule has 0 aliphatic rings. The molecule has 0 aromatic heterocycles. The predicted molar refractivity (Wildman–Crippen MR) is 344 cm³/mol. The highest BCUT2D eigenvalue weighted by molar-refractivity contribution is 5.71. The third-order valence-electron chi connectivity index (χ3n) is 14.9. The Labute approximate surface area is 490 Å². The standard InChI is InChI=1S/C73H128O6/c1-4-7-10-13-16-19-22-25-28-31-32-33-34-35-36-37-38-39-40-41-42-43-46-48-51-54-57-60-63-66-72(75)78-69-70(79-73(76)67-64-61-58-55-52-49-45-30-27-24-21-18-15-12-9-6-3)68-77-71(74)65-62-59-56-53-50-47-44-29-26-23-20-17-14-11-8-5-2/h7,10,16,19,25,28,30,32-33,35-36,38-39,45,70H,4-6,8-9,11-15,17-18,20-24,26-27,29,31,34,37,40-44,46-69H2,1-3H3/b10-7-,19-16-,28-25-,33-32-,36-35-,39-38-,45-30-. The van der Waals surface area contributed by atoms with Crippen LogP contribution in [0, 0.1) is 0 Å². The van der Waals surface area contributed by atoms with E-state index in [9.17, 15) is 14.4 Å². The van der Waals surface area contributed by atoms with Gasteiger partial charge in [-0.2, -0.15) is 0 Å². The van der Waals surface area contributed by atoms with Gasteiger partial charge in [0.05, 0.1) is 0 Å². The van der Waals surface area contributed by atoms with Crippen molar-refractivity contribution in [2.24, 2.45) is 0 Å². The van der Waals surface area contributed by atoms with Gasteiger partial charge in [-0.15, -0.1) is 0 Å². The summed E-state index contributed by atoms with van der Waals surface area (Å²) in [6.07, 6.45) is 88.8. The molecule has 0 aromatic rings. The van der Waals surface area contributed by atoms with Crippen molar-refractivity contribution in [1.82, 2.24) is 0 Å². The van der Waals surface area contributed by atoms with E-state index in [1.165, 1.54) is 193 Å². The smallest absolute Gasteiger partial charge is 0.306 e. The molecule has 1 atom stereocenters. The van der Waals surface area contributed by atoms with E-state index in [0.717, 1.165) is 109 Å². The van der Waals surface area contributed by atoms with Crippen molar-refractivity contribution in [3.63, 3.8) is 0 Å². The fourth-order valence-corrected chi connectivity index (χ4v) is 9.80. The lowest BCUT2D eigenvalue weighted by Gasteiger charge is -2.18. The molecular formula is C73H128O6. The van der Waals surface area contributed by atoms with Crippen molar-refractivity contribution in [3.8, 4) is 0 Å². The van der Waals surface area contributed by atoms with Crippen LogP contribution in [0.2, 0.25) is 0 Å². The van der Waals surface area contributed by atoms with Gasteiger partial charge in [0.1, 0.15) is 13.2 Å². The largest absolute Gasteiger partial charge is 0.462 e. The quantitative estimate of drug-likeness (QED) is 0.0261. The second-order valence-corrected chi connectivity index (χ2v) is 22.7. The van der Waals surface area contributed by atoms with E-state index in [0.29, 0.717) is 19.3 Å². The van der Waals surface area contributed by atoms with Crippen LogP contribution in [-0.2, 0) is 28.6 Å². The molecule has 0 bridgehead atoms. The highest BCUT2D eigenvalue weighted by Gasteiger charge is 2.19. The molecule has 79 heavy (non-hydrogen) atoms. The minimum Gasteiger partial charge on any atom is -0.462 e. The van der Waals surface area contributed by atoms with Gasteiger partial charge >= 0.3 is 17.9 Å². The number of carbonyl (C=O) groups excluding carboxylic acids is 3. The van der Waals surface area contributed by atoms with Crippen LogP contribution in [-0.4, -0.2) is 37.2 Å². The summed E-state index contributed by atoms with van der Waals surface area (Å²) in [7, 11) is 0. The van der Waals surface area contributed by atoms with Crippen molar-refractivity contribution >= 4 is 17.9 Å². The van der Waals surface area contributed by atoms with Gasteiger partial charge in [-0.3, -0.25) is 14.4 Å². The summed E-state index contributed by atoms with van der Waals surface area (Å²) in [6, 6.07) is 0. The number of ether oxygens (including phenoxy) is 3. The molecule has 0 aliphatic carbocycles. The molecule has 0 saturated heterocycles. The van der Waals surface area contributed by atoms with Gasteiger partial charge in [0.2, 0.25) is 0 Å². The van der Waals surface area contributed by atoms with Crippen LogP contribution in [0.3, 0.4) is 0 Å². The number of carbonyl (C=O) groups is 3. The fraction of sp³-hybridized carbons (Fsp3) is 0.767. The molecular weight excluding hydrogens is 973 g/mol. The average Bonchev–Trinajstić information content (AvgIpc) is 3.45. The summed E-state index contributed by atoms with van der Waals surface area (Å²) < 4.78 is 17.0. The van der Waals surface area contributed by atoms with Crippen LogP contribution in [0.25, 0.3) is 0 Å². The normalized spacial score (nSPS) is 12.6. The molecule has 0 aliphatic heterocycles. The predicted octanol–water partition coefficient (Wildman–Crippen LogP) is 23.4. The van der Waals surface area contributed by atoms with Crippen LogP contribution in [0.1, 0.15) is 342 Å². The molecule has 0 amide bonds. The van der Waals surface area contributed by atoms with Gasteiger partial charge < -0.3 is 14.2 Å². The van der Waals surface area contributed by atoms with Gasteiger partial charge in [0, 0.05) is 19.3 Å². The Balaban J connectivity index is 4.29. The molecule has 456 valence electrons. The van der Waals surface area contributed by atoms with Crippen molar-refractivity contribution in [3.05, 3.63) is 85.1 Å². The van der Waals surface area contributed by atoms with Crippen LogP contribution >= 0.6 is 0 Å². The Kier molecular flexibility index (Phi) is 64.2. The number of esters is 3. The first-order valence-electron chi connectivity index (χ1n) is 34.1. The minimum atomic E-state index is -0.782. The van der Waals surface area contributed by atoms with Crippen LogP contribution < -0.4 is 0 Å². The average molecular weight is 1100 g/mol. The number of hydrogen-bond donors (Lipinski definition) is 0. The maximum atomic E-state index is 12.9. The number of unbranched alkanes of at least 4 members (excludes halogenated alkanes) is 37. The van der Waals surface area contributed by atoms with Gasteiger partial charge in [-0.25, -0.2) is 0 Å². The SMILES string of the molecule is CC/C=C\C/C=C\C/C=C\C/C=C\C/C=C\C/C=C\CCCCCCCCCCCCC(=O)OCC(COC(=O)CCCCCCCCCCCCCCCCCC)OC(=O)CCCCCCC/C=C\CCCCCCCCC. The molecule has 0 radical (unpaired) electrons. The summed E-state index contributed by atoms with van der Waals surface area (Å²) in [5.74, 6) is -0.872. The molecule has 0 heterocycles. The third kappa shape index (κ3) is 65.3. The van der Waals surface area contributed by atoms with E-state index in [4.69, 9.17) is 14.2 Å². The zero-order chi connectivity index (χ0) is 57.1. The topological polar surface area (TPSA) is 78.9 Å². The van der Waals surface area contributed by atoms with Crippen LogP contribution in [0.4, 0.5) is 0 Å². The first-order valence-corrected chi connectivity index (χ1v) is 34.1. The van der Waals surface area contributed by atoms with Crippen molar-refractivity contribution in [1.29, 1.82) is 0 Å². The number of rotatable bonds is 62. The lowest BCUT2D eigenvalue weighted by Crippen LogP contribution is -2.30. The molecule has 0 fully saturated rings. The van der Waals surface area contributed by atoms with Crippen LogP contribution in [0.5, 0.6) is 0 Å². The second-order valence-electron chi connectivity index (χ2n) is 22.7. The Morgan fingerprint density at radius 1 is 0.266 bits per heavy atom. The Morgan fingerprint density at radius 2 is 0.494 bits per heavy atom. The summed E-state index contributed by atoms with van der Waals surface area (Å²) in [5.41, 5.74) is 0. The first-order chi connectivity index (χ1) is 39.0. The molecule has 0 saturated carbocycles. The number of hydrogen-bond acceptors (Lipinski definition) is 6. The third-order valence-corrected chi connectivity index (χ3v) is 14.9. The van der Waals surface area contributed by atoms with E-state index >= 15 is 0 Å².